The molecule has 1 aliphatic carbocycles. The van der Waals surface area contributed by atoms with Gasteiger partial charge < -0.3 is 25.2 Å². The Morgan fingerprint density at radius 3 is 2.64 bits per heavy atom. The Hall–Kier alpha value is -3.72. The molecule has 4 aliphatic rings. The van der Waals surface area contributed by atoms with E-state index in [4.69, 9.17) is 4.74 Å². The van der Waals surface area contributed by atoms with Crippen LogP contribution < -0.4 is 15.4 Å². The summed E-state index contributed by atoms with van der Waals surface area (Å²) in [6.45, 7) is 3.24. The predicted octanol–water partition coefficient (Wildman–Crippen LogP) is 2.60. The summed E-state index contributed by atoms with van der Waals surface area (Å²) in [6.07, 6.45) is 11.3. The average Bonchev–Trinajstić information content (AvgIpc) is 3.80. The normalized spacial score (nSPS) is 25.2. The van der Waals surface area contributed by atoms with Crippen molar-refractivity contribution in [2.24, 2.45) is 11.8 Å². The zero-order chi connectivity index (χ0) is 29.1. The van der Waals surface area contributed by atoms with Gasteiger partial charge in [0, 0.05) is 44.5 Å². The molecule has 2 aromatic rings. The standard InChI is InChI=1S/C33H41N5O4/c1-42-28-6-4-22(5-7-28)14-24-17-30(31(39)36-19-23-15-25-8-10-34-20-27(25)16-23)38(21-24)33(41)29-18-26(9-11-35-29)32(40)37-12-2-3-13-37/h4-8,10,16,20,24,26,29-30,35H,2-3,9,11-15,17-19,21H2,1H3,(H,36,39). The van der Waals surface area contributed by atoms with Crippen molar-refractivity contribution in [3.63, 3.8) is 0 Å². The number of nitrogens with zero attached hydrogens (tertiary/aromatic N) is 3. The van der Waals surface area contributed by atoms with Crippen molar-refractivity contribution in [2.45, 2.75) is 57.0 Å². The maximum Gasteiger partial charge on any atom is 0.243 e. The van der Waals surface area contributed by atoms with E-state index in [0.717, 1.165) is 67.6 Å². The number of rotatable bonds is 8. The second kappa shape index (κ2) is 12.7. The summed E-state index contributed by atoms with van der Waals surface area (Å²) < 4.78 is 5.30. The molecule has 3 saturated heterocycles. The predicted molar refractivity (Wildman–Crippen MR) is 160 cm³/mol. The van der Waals surface area contributed by atoms with Crippen molar-refractivity contribution in [3.05, 3.63) is 65.0 Å². The summed E-state index contributed by atoms with van der Waals surface area (Å²) in [6, 6.07) is 9.02. The van der Waals surface area contributed by atoms with E-state index in [1.54, 1.807) is 18.2 Å². The number of methoxy groups -OCH3 is 1. The number of fused-ring (bicyclic) bond motifs is 1. The zero-order valence-electron chi connectivity index (χ0n) is 24.4. The smallest absolute Gasteiger partial charge is 0.243 e. The van der Waals surface area contributed by atoms with Gasteiger partial charge in [0.15, 0.2) is 0 Å². The van der Waals surface area contributed by atoms with Crippen LogP contribution >= 0.6 is 0 Å². The van der Waals surface area contributed by atoms with Crippen molar-refractivity contribution >= 4 is 23.8 Å². The molecule has 3 fully saturated rings. The number of ether oxygens (including phenoxy) is 1. The molecule has 42 heavy (non-hydrogen) atoms. The van der Waals surface area contributed by atoms with Crippen LogP contribution in [0.2, 0.25) is 0 Å². The number of carbonyl (C=O) groups is 3. The fourth-order valence-corrected chi connectivity index (χ4v) is 7.06. The van der Waals surface area contributed by atoms with E-state index in [0.29, 0.717) is 32.5 Å². The Labute approximate surface area is 247 Å². The number of carbonyl (C=O) groups excluding carboxylic acids is 3. The van der Waals surface area contributed by atoms with Gasteiger partial charge >= 0.3 is 0 Å². The quantitative estimate of drug-likeness (QED) is 0.505. The number of nitrogens with one attached hydrogen (secondary N) is 2. The van der Waals surface area contributed by atoms with Crippen LogP contribution in [-0.2, 0) is 27.2 Å². The van der Waals surface area contributed by atoms with Gasteiger partial charge in [-0.05, 0) is 97.9 Å². The maximum absolute atomic E-state index is 14.0. The van der Waals surface area contributed by atoms with Crippen molar-refractivity contribution in [1.82, 2.24) is 25.4 Å². The van der Waals surface area contributed by atoms with E-state index >= 15 is 0 Å². The number of piperidine rings is 1. The first-order valence-corrected chi connectivity index (χ1v) is 15.3. The number of hydrogen-bond acceptors (Lipinski definition) is 6. The second-order valence-corrected chi connectivity index (χ2v) is 12.2. The highest BCUT2D eigenvalue weighted by atomic mass is 16.5. The van der Waals surface area contributed by atoms with E-state index in [1.807, 2.05) is 29.3 Å². The van der Waals surface area contributed by atoms with Crippen LogP contribution in [0.4, 0.5) is 0 Å². The minimum absolute atomic E-state index is 0.0649. The van der Waals surface area contributed by atoms with Gasteiger partial charge in [-0.15, -0.1) is 0 Å². The van der Waals surface area contributed by atoms with Gasteiger partial charge in [0.25, 0.3) is 0 Å². The Bertz CT molecular complexity index is 1340. The highest BCUT2D eigenvalue weighted by Crippen LogP contribution is 2.31. The molecule has 1 aromatic heterocycles. The summed E-state index contributed by atoms with van der Waals surface area (Å²) in [5, 5.41) is 6.51. The van der Waals surface area contributed by atoms with E-state index in [2.05, 4.69) is 33.8 Å². The first kappa shape index (κ1) is 28.4. The molecule has 222 valence electrons. The summed E-state index contributed by atoms with van der Waals surface area (Å²) in [5.74, 6) is 0.820. The number of hydrogen-bond donors (Lipinski definition) is 2. The molecule has 4 atom stereocenters. The third-order valence-corrected chi connectivity index (χ3v) is 9.34. The monoisotopic (exact) mass is 571 g/mol. The molecule has 3 amide bonds. The molecule has 1 aromatic carbocycles. The number of likely N-dealkylation sites (tertiary alicyclic amines) is 2. The average molecular weight is 572 g/mol. The molecule has 0 bridgehead atoms. The summed E-state index contributed by atoms with van der Waals surface area (Å²) in [4.78, 5) is 48.8. The summed E-state index contributed by atoms with van der Waals surface area (Å²) in [5.41, 5.74) is 4.60. The van der Waals surface area contributed by atoms with Crippen LogP contribution in [0, 0.1) is 11.8 Å². The van der Waals surface area contributed by atoms with Crippen molar-refractivity contribution < 1.29 is 19.1 Å². The molecule has 2 N–H and O–H groups in total. The van der Waals surface area contributed by atoms with Crippen molar-refractivity contribution in [3.8, 4) is 5.75 Å². The van der Waals surface area contributed by atoms with Gasteiger partial charge in [-0.25, -0.2) is 0 Å². The Balaban J connectivity index is 1.14. The number of benzene rings is 1. The molecule has 4 unspecified atom stereocenters. The highest BCUT2D eigenvalue weighted by molar-refractivity contribution is 5.91. The molecule has 4 heterocycles. The van der Waals surface area contributed by atoms with Gasteiger partial charge in [-0.1, -0.05) is 18.2 Å². The molecule has 0 radical (unpaired) electrons. The molecular weight excluding hydrogens is 530 g/mol. The second-order valence-electron chi connectivity index (χ2n) is 12.2. The molecule has 0 spiro atoms. The summed E-state index contributed by atoms with van der Waals surface area (Å²) >= 11 is 0. The molecule has 9 heteroatoms. The SMILES string of the molecule is COc1ccc(CC2CC(C(=O)NCC3=Cc4cnccc4C3)N(C(=O)C3CC(C(=O)N4CCCC4)CCN3)C2)cc1. The van der Waals surface area contributed by atoms with Crippen LogP contribution in [0.3, 0.4) is 0 Å². The van der Waals surface area contributed by atoms with Gasteiger partial charge in [0.05, 0.1) is 13.2 Å². The Morgan fingerprint density at radius 2 is 1.88 bits per heavy atom. The van der Waals surface area contributed by atoms with Crippen LogP contribution in [0.25, 0.3) is 6.08 Å². The minimum Gasteiger partial charge on any atom is -0.497 e. The third kappa shape index (κ3) is 6.21. The summed E-state index contributed by atoms with van der Waals surface area (Å²) in [7, 11) is 1.65. The minimum atomic E-state index is -0.539. The van der Waals surface area contributed by atoms with Crippen LogP contribution in [-0.4, -0.2) is 84.4 Å². The van der Waals surface area contributed by atoms with Crippen molar-refractivity contribution in [1.29, 1.82) is 0 Å². The lowest BCUT2D eigenvalue weighted by molar-refractivity contribution is -0.142. The molecule has 3 aliphatic heterocycles. The van der Waals surface area contributed by atoms with Gasteiger partial charge in [0.2, 0.25) is 17.7 Å². The Morgan fingerprint density at radius 1 is 1.07 bits per heavy atom. The number of amides is 3. The topological polar surface area (TPSA) is 104 Å². The fraction of sp³-hybridized carbons (Fsp3) is 0.515. The lowest BCUT2D eigenvalue weighted by atomic mass is 9.90. The molecule has 0 saturated carbocycles. The van der Waals surface area contributed by atoms with Crippen molar-refractivity contribution in [2.75, 3.05) is 39.8 Å². The van der Waals surface area contributed by atoms with Crippen LogP contribution in [0.15, 0.2) is 48.3 Å². The van der Waals surface area contributed by atoms with E-state index in [-0.39, 0.29) is 29.6 Å². The van der Waals surface area contributed by atoms with Gasteiger partial charge in [0.1, 0.15) is 11.8 Å². The maximum atomic E-state index is 14.0. The largest absolute Gasteiger partial charge is 0.497 e. The molecule has 6 rings (SSSR count). The zero-order valence-corrected chi connectivity index (χ0v) is 24.4. The fourth-order valence-electron chi connectivity index (χ4n) is 7.06. The van der Waals surface area contributed by atoms with E-state index in [1.165, 1.54) is 5.56 Å². The van der Waals surface area contributed by atoms with E-state index < -0.39 is 12.1 Å². The first-order valence-electron chi connectivity index (χ1n) is 15.3. The highest BCUT2D eigenvalue weighted by Gasteiger charge is 2.43. The van der Waals surface area contributed by atoms with Crippen LogP contribution in [0.1, 0.15) is 48.8 Å². The first-order chi connectivity index (χ1) is 20.5. The van der Waals surface area contributed by atoms with Gasteiger partial charge in [-0.3, -0.25) is 19.4 Å². The molecule has 9 nitrogen and oxygen atoms in total. The number of aromatic nitrogens is 1. The lowest BCUT2D eigenvalue weighted by Gasteiger charge is -2.34. The van der Waals surface area contributed by atoms with Crippen LogP contribution in [0.5, 0.6) is 5.75 Å². The number of pyridine rings is 1. The third-order valence-electron chi connectivity index (χ3n) is 9.34. The lowest BCUT2D eigenvalue weighted by Crippen LogP contribution is -2.55. The van der Waals surface area contributed by atoms with E-state index in [9.17, 15) is 14.4 Å². The molecular formula is C33H41N5O4. The Kier molecular flexibility index (Phi) is 8.55. The van der Waals surface area contributed by atoms with Gasteiger partial charge in [-0.2, -0.15) is 0 Å².